The first-order valence-corrected chi connectivity index (χ1v) is 6.28. The number of hydrogen-bond acceptors (Lipinski definition) is 4. The Balaban J connectivity index is 2.09. The maximum Gasteiger partial charge on any atom is 0.213 e. The molecule has 1 aromatic carbocycles. The number of ether oxygens (including phenoxy) is 2. The van der Waals surface area contributed by atoms with E-state index in [9.17, 15) is 0 Å². The van der Waals surface area contributed by atoms with Gasteiger partial charge in [-0.15, -0.1) is 0 Å². The molecule has 0 saturated heterocycles. The lowest BCUT2D eigenvalue weighted by Gasteiger charge is -2.24. The molecule has 0 saturated carbocycles. The predicted molar refractivity (Wildman–Crippen MR) is 73.4 cm³/mol. The molecule has 2 aromatic rings. The van der Waals surface area contributed by atoms with Crippen LogP contribution < -0.4 is 15.2 Å². The zero-order valence-electron chi connectivity index (χ0n) is 10.8. The number of rotatable bonds is 2. The molecular weight excluding hydrogens is 240 g/mol. The van der Waals surface area contributed by atoms with Gasteiger partial charge in [0.1, 0.15) is 12.4 Å². The fourth-order valence-electron chi connectivity index (χ4n) is 2.39. The van der Waals surface area contributed by atoms with Gasteiger partial charge in [0.15, 0.2) is 0 Å². The summed E-state index contributed by atoms with van der Waals surface area (Å²) in [4.78, 5) is 4.13. The Kier molecular flexibility index (Phi) is 3.09. The van der Waals surface area contributed by atoms with Crippen molar-refractivity contribution in [1.82, 2.24) is 4.98 Å². The molecule has 0 amide bonds. The summed E-state index contributed by atoms with van der Waals surface area (Å²) >= 11 is 0. The molecule has 0 bridgehead atoms. The largest absolute Gasteiger partial charge is 0.492 e. The summed E-state index contributed by atoms with van der Waals surface area (Å²) in [5, 5.41) is 0. The topological polar surface area (TPSA) is 57.4 Å². The Hall–Kier alpha value is -2.07. The number of pyridine rings is 1. The van der Waals surface area contributed by atoms with Gasteiger partial charge in [-0.25, -0.2) is 4.98 Å². The van der Waals surface area contributed by atoms with Crippen molar-refractivity contribution in [3.63, 3.8) is 0 Å². The van der Waals surface area contributed by atoms with E-state index in [0.717, 1.165) is 28.9 Å². The van der Waals surface area contributed by atoms with E-state index < -0.39 is 0 Å². The first kappa shape index (κ1) is 12.0. The zero-order chi connectivity index (χ0) is 13.2. The van der Waals surface area contributed by atoms with Crippen LogP contribution in [0.15, 0.2) is 36.5 Å². The van der Waals surface area contributed by atoms with Crippen molar-refractivity contribution < 1.29 is 9.47 Å². The molecule has 19 heavy (non-hydrogen) atoms. The maximum absolute atomic E-state index is 5.99. The van der Waals surface area contributed by atoms with Crippen LogP contribution in [0.4, 0.5) is 0 Å². The fraction of sp³-hybridized carbons (Fsp3) is 0.267. The van der Waals surface area contributed by atoms with Crippen molar-refractivity contribution in [2.75, 3.05) is 13.7 Å². The van der Waals surface area contributed by atoms with Crippen LogP contribution in [0.25, 0.3) is 11.1 Å². The van der Waals surface area contributed by atoms with E-state index in [1.54, 1.807) is 13.3 Å². The van der Waals surface area contributed by atoms with Crippen LogP contribution in [-0.2, 0) is 6.42 Å². The molecule has 4 nitrogen and oxygen atoms in total. The first-order valence-electron chi connectivity index (χ1n) is 6.28. The highest BCUT2D eigenvalue weighted by atomic mass is 16.5. The van der Waals surface area contributed by atoms with Crippen molar-refractivity contribution in [3.05, 3.63) is 42.1 Å². The molecule has 0 spiro atoms. The summed E-state index contributed by atoms with van der Waals surface area (Å²) in [5.74, 6) is 1.53. The lowest BCUT2D eigenvalue weighted by Crippen LogP contribution is -2.34. The van der Waals surface area contributed by atoms with Crippen molar-refractivity contribution in [2.24, 2.45) is 5.73 Å². The van der Waals surface area contributed by atoms with E-state index in [-0.39, 0.29) is 6.04 Å². The number of hydrogen-bond donors (Lipinski definition) is 1. The molecule has 1 unspecified atom stereocenters. The minimum Gasteiger partial charge on any atom is -0.492 e. The number of nitrogens with zero attached hydrogens (tertiary/aromatic N) is 1. The van der Waals surface area contributed by atoms with E-state index in [1.165, 1.54) is 0 Å². The SMILES string of the molecule is COc1cc(-c2cccc3c2CC(N)CO3)ccn1. The van der Waals surface area contributed by atoms with Gasteiger partial charge in [-0.2, -0.15) is 0 Å². The van der Waals surface area contributed by atoms with Gasteiger partial charge in [0.2, 0.25) is 5.88 Å². The quantitative estimate of drug-likeness (QED) is 0.893. The molecular formula is C15H16N2O2. The van der Waals surface area contributed by atoms with Crippen LogP contribution in [0.5, 0.6) is 11.6 Å². The van der Waals surface area contributed by atoms with Crippen LogP contribution in [0, 0.1) is 0 Å². The van der Waals surface area contributed by atoms with Gasteiger partial charge < -0.3 is 15.2 Å². The monoisotopic (exact) mass is 256 g/mol. The standard InChI is InChI=1S/C15H16N2O2/c1-18-15-7-10(5-6-17-15)12-3-2-4-14-13(12)8-11(16)9-19-14/h2-7,11H,8-9,16H2,1H3. The highest BCUT2D eigenvalue weighted by Crippen LogP contribution is 2.34. The molecule has 98 valence electrons. The summed E-state index contributed by atoms with van der Waals surface area (Å²) in [7, 11) is 1.62. The number of benzene rings is 1. The molecule has 0 aliphatic carbocycles. The van der Waals surface area contributed by atoms with Gasteiger partial charge in [0.25, 0.3) is 0 Å². The Morgan fingerprint density at radius 2 is 2.26 bits per heavy atom. The van der Waals surface area contributed by atoms with Crippen LogP contribution in [0.3, 0.4) is 0 Å². The van der Waals surface area contributed by atoms with Gasteiger partial charge in [0.05, 0.1) is 7.11 Å². The van der Waals surface area contributed by atoms with Crippen molar-refractivity contribution >= 4 is 0 Å². The minimum atomic E-state index is 0.0531. The summed E-state index contributed by atoms with van der Waals surface area (Å²) < 4.78 is 10.9. The average Bonchev–Trinajstić information content (AvgIpc) is 2.46. The highest BCUT2D eigenvalue weighted by molar-refractivity contribution is 5.71. The van der Waals surface area contributed by atoms with E-state index in [0.29, 0.717) is 12.5 Å². The highest BCUT2D eigenvalue weighted by Gasteiger charge is 2.20. The van der Waals surface area contributed by atoms with Gasteiger partial charge >= 0.3 is 0 Å². The summed E-state index contributed by atoms with van der Waals surface area (Å²) in [6.07, 6.45) is 2.58. The normalized spacial score (nSPS) is 17.5. The van der Waals surface area contributed by atoms with Gasteiger partial charge in [-0.05, 0) is 29.7 Å². The van der Waals surface area contributed by atoms with Crippen LogP contribution in [-0.4, -0.2) is 24.7 Å². The summed E-state index contributed by atoms with van der Waals surface area (Å²) in [6.45, 7) is 0.579. The van der Waals surface area contributed by atoms with E-state index in [1.807, 2.05) is 24.3 Å². The second-order valence-electron chi connectivity index (χ2n) is 4.64. The molecule has 4 heteroatoms. The minimum absolute atomic E-state index is 0.0531. The number of fused-ring (bicyclic) bond motifs is 1. The molecule has 1 aromatic heterocycles. The van der Waals surface area contributed by atoms with Gasteiger partial charge in [-0.1, -0.05) is 12.1 Å². The summed E-state index contributed by atoms with van der Waals surface area (Å²) in [5.41, 5.74) is 9.36. The molecule has 2 heterocycles. The molecule has 2 N–H and O–H groups in total. The fourth-order valence-corrected chi connectivity index (χ4v) is 2.39. The van der Waals surface area contributed by atoms with E-state index in [4.69, 9.17) is 15.2 Å². The first-order chi connectivity index (χ1) is 9.28. The number of aromatic nitrogens is 1. The second-order valence-corrected chi connectivity index (χ2v) is 4.64. The molecule has 0 radical (unpaired) electrons. The third kappa shape index (κ3) is 2.27. The van der Waals surface area contributed by atoms with E-state index in [2.05, 4.69) is 11.1 Å². The second kappa shape index (κ2) is 4.90. The van der Waals surface area contributed by atoms with Crippen LogP contribution in [0.1, 0.15) is 5.56 Å². The lowest BCUT2D eigenvalue weighted by molar-refractivity contribution is 0.264. The molecule has 3 rings (SSSR count). The van der Waals surface area contributed by atoms with Crippen molar-refractivity contribution in [2.45, 2.75) is 12.5 Å². The van der Waals surface area contributed by atoms with E-state index >= 15 is 0 Å². The predicted octanol–water partition coefficient (Wildman–Crippen LogP) is 2.02. The third-order valence-corrected chi connectivity index (χ3v) is 3.31. The Morgan fingerprint density at radius 3 is 3.11 bits per heavy atom. The molecule has 0 fully saturated rings. The Morgan fingerprint density at radius 1 is 1.37 bits per heavy atom. The van der Waals surface area contributed by atoms with Crippen molar-refractivity contribution in [1.29, 1.82) is 0 Å². The van der Waals surface area contributed by atoms with Crippen LogP contribution in [0.2, 0.25) is 0 Å². The third-order valence-electron chi connectivity index (χ3n) is 3.31. The number of methoxy groups -OCH3 is 1. The van der Waals surface area contributed by atoms with Gasteiger partial charge in [-0.3, -0.25) is 0 Å². The van der Waals surface area contributed by atoms with Crippen molar-refractivity contribution in [3.8, 4) is 22.8 Å². The Labute approximate surface area is 112 Å². The van der Waals surface area contributed by atoms with Crippen LogP contribution >= 0.6 is 0 Å². The number of nitrogens with two attached hydrogens (primary N) is 1. The summed E-state index contributed by atoms with van der Waals surface area (Å²) in [6, 6.07) is 10.0. The Bertz CT molecular complexity index is 598. The lowest BCUT2D eigenvalue weighted by atomic mass is 9.93. The molecule has 1 atom stereocenters. The molecule has 1 aliphatic heterocycles. The molecule has 1 aliphatic rings. The smallest absolute Gasteiger partial charge is 0.213 e. The average molecular weight is 256 g/mol. The maximum atomic E-state index is 5.99. The van der Waals surface area contributed by atoms with Gasteiger partial charge in [0, 0.05) is 23.9 Å². The zero-order valence-corrected chi connectivity index (χ0v) is 10.8.